The van der Waals surface area contributed by atoms with Gasteiger partial charge in [0.2, 0.25) is 0 Å². The second kappa shape index (κ2) is 8.13. The van der Waals surface area contributed by atoms with Crippen LogP contribution in [0.15, 0.2) is 48.1 Å². The highest BCUT2D eigenvalue weighted by atomic mass is 32.1. The van der Waals surface area contributed by atoms with Crippen LogP contribution < -0.4 is 0 Å². The molecule has 0 saturated carbocycles. The minimum Gasteiger partial charge on any atom is -0.480 e. The van der Waals surface area contributed by atoms with Crippen molar-refractivity contribution in [1.29, 1.82) is 0 Å². The second-order valence-corrected chi connectivity index (χ2v) is 7.38. The molecule has 27 heavy (non-hydrogen) atoms. The maximum absolute atomic E-state index is 12.7. The van der Waals surface area contributed by atoms with E-state index in [4.69, 9.17) is 5.11 Å². The van der Waals surface area contributed by atoms with Crippen LogP contribution in [0.5, 0.6) is 0 Å². The molecule has 0 fully saturated rings. The van der Waals surface area contributed by atoms with Crippen LogP contribution in [-0.4, -0.2) is 49.7 Å². The van der Waals surface area contributed by atoms with Crippen LogP contribution in [0.25, 0.3) is 16.3 Å². The van der Waals surface area contributed by atoms with E-state index >= 15 is 0 Å². The lowest BCUT2D eigenvalue weighted by Gasteiger charge is -2.21. The molecule has 3 aromatic rings. The first-order valence-corrected chi connectivity index (χ1v) is 9.39. The number of benzene rings is 1. The van der Waals surface area contributed by atoms with Crippen molar-refractivity contribution in [3.05, 3.63) is 53.8 Å². The van der Waals surface area contributed by atoms with Crippen LogP contribution in [-0.2, 0) is 4.79 Å². The molecule has 0 radical (unpaired) electrons. The second-order valence-electron chi connectivity index (χ2n) is 6.52. The predicted molar refractivity (Wildman–Crippen MR) is 103 cm³/mol. The third kappa shape index (κ3) is 4.59. The standard InChI is InChI=1S/C19H20N4O3S/c1-13(2)9-22(11-17(24)25)19(26)16-12-27-18(21-16)14-8-20-23(10-14)15-6-4-3-5-7-15/h3-8,10,12-13H,9,11H2,1-2H3,(H,24,25). The van der Waals surface area contributed by atoms with E-state index in [1.54, 1.807) is 16.3 Å². The SMILES string of the molecule is CC(C)CN(CC(=O)O)C(=O)c1csc(-c2cnn(-c3ccccc3)c2)n1. The number of nitrogens with zero attached hydrogens (tertiary/aromatic N) is 4. The Hall–Kier alpha value is -3.00. The van der Waals surface area contributed by atoms with Crippen molar-refractivity contribution in [3.8, 4) is 16.3 Å². The first-order chi connectivity index (χ1) is 12.9. The Morgan fingerprint density at radius 1 is 1.26 bits per heavy atom. The average molecular weight is 384 g/mol. The van der Waals surface area contributed by atoms with Gasteiger partial charge in [-0.2, -0.15) is 5.10 Å². The Labute approximate surface area is 160 Å². The number of aromatic nitrogens is 3. The van der Waals surface area contributed by atoms with E-state index < -0.39 is 5.97 Å². The average Bonchev–Trinajstić information content (AvgIpc) is 3.30. The van der Waals surface area contributed by atoms with Crippen molar-refractivity contribution in [2.75, 3.05) is 13.1 Å². The molecule has 2 aromatic heterocycles. The van der Waals surface area contributed by atoms with Gasteiger partial charge in [0.1, 0.15) is 17.2 Å². The fourth-order valence-electron chi connectivity index (χ4n) is 2.65. The molecule has 3 rings (SSSR count). The Morgan fingerprint density at radius 2 is 2.00 bits per heavy atom. The number of carboxylic acids is 1. The van der Waals surface area contributed by atoms with Gasteiger partial charge >= 0.3 is 5.97 Å². The predicted octanol–water partition coefficient (Wildman–Crippen LogP) is 3.18. The number of amides is 1. The van der Waals surface area contributed by atoms with Gasteiger partial charge in [0, 0.05) is 23.7 Å². The Bertz CT molecular complexity index is 933. The number of carbonyl (C=O) groups is 2. The summed E-state index contributed by atoms with van der Waals surface area (Å²) in [5.74, 6) is -1.25. The van der Waals surface area contributed by atoms with E-state index in [2.05, 4.69) is 10.1 Å². The van der Waals surface area contributed by atoms with E-state index in [0.29, 0.717) is 11.6 Å². The van der Waals surface area contributed by atoms with Crippen molar-refractivity contribution in [1.82, 2.24) is 19.7 Å². The van der Waals surface area contributed by atoms with E-state index in [1.165, 1.54) is 16.2 Å². The topological polar surface area (TPSA) is 88.3 Å². The maximum atomic E-state index is 12.7. The highest BCUT2D eigenvalue weighted by Gasteiger charge is 2.22. The van der Waals surface area contributed by atoms with Gasteiger partial charge < -0.3 is 10.0 Å². The Balaban J connectivity index is 1.80. The molecule has 2 heterocycles. The molecule has 0 spiro atoms. The first kappa shape index (κ1) is 18.8. The van der Waals surface area contributed by atoms with Gasteiger partial charge in [0.25, 0.3) is 5.91 Å². The maximum Gasteiger partial charge on any atom is 0.323 e. The number of carboxylic acid groups (broad SMARTS) is 1. The van der Waals surface area contributed by atoms with Crippen LogP contribution in [0.1, 0.15) is 24.3 Å². The molecule has 8 heteroatoms. The van der Waals surface area contributed by atoms with E-state index in [-0.39, 0.29) is 24.1 Å². The summed E-state index contributed by atoms with van der Waals surface area (Å²) in [7, 11) is 0. The van der Waals surface area contributed by atoms with Crippen LogP contribution in [0.4, 0.5) is 0 Å². The fourth-order valence-corrected chi connectivity index (χ4v) is 3.41. The monoisotopic (exact) mass is 384 g/mol. The number of thiazole rings is 1. The molecule has 0 bridgehead atoms. The van der Waals surface area contributed by atoms with E-state index in [9.17, 15) is 9.59 Å². The molecule has 0 atom stereocenters. The van der Waals surface area contributed by atoms with Crippen LogP contribution in [0.3, 0.4) is 0 Å². The molecular formula is C19H20N4O3S. The van der Waals surface area contributed by atoms with Crippen LogP contribution in [0.2, 0.25) is 0 Å². The summed E-state index contributed by atoms with van der Waals surface area (Å²) in [5.41, 5.74) is 1.99. The molecule has 0 saturated heterocycles. The Kier molecular flexibility index (Phi) is 5.66. The number of aliphatic carboxylic acids is 1. The molecular weight excluding hydrogens is 364 g/mol. The zero-order valence-electron chi connectivity index (χ0n) is 15.1. The van der Waals surface area contributed by atoms with Crippen molar-refractivity contribution in [3.63, 3.8) is 0 Å². The number of rotatable bonds is 7. The zero-order chi connectivity index (χ0) is 19.4. The fraction of sp³-hybridized carbons (Fsp3) is 0.263. The van der Waals surface area contributed by atoms with Gasteiger partial charge in [-0.3, -0.25) is 9.59 Å². The van der Waals surface area contributed by atoms with Crippen LogP contribution >= 0.6 is 11.3 Å². The van der Waals surface area contributed by atoms with E-state index in [1.807, 2.05) is 50.4 Å². The summed E-state index contributed by atoms with van der Waals surface area (Å²) < 4.78 is 1.74. The molecule has 7 nitrogen and oxygen atoms in total. The number of carbonyl (C=O) groups excluding carboxylic acids is 1. The molecule has 0 aliphatic rings. The quantitative estimate of drug-likeness (QED) is 0.676. The van der Waals surface area contributed by atoms with Crippen molar-refractivity contribution < 1.29 is 14.7 Å². The molecule has 0 aliphatic heterocycles. The number of hydrogen-bond donors (Lipinski definition) is 1. The molecule has 1 amide bonds. The zero-order valence-corrected chi connectivity index (χ0v) is 15.9. The highest BCUT2D eigenvalue weighted by molar-refractivity contribution is 7.13. The Morgan fingerprint density at radius 3 is 2.67 bits per heavy atom. The molecule has 140 valence electrons. The minimum atomic E-state index is -1.04. The molecule has 1 N–H and O–H groups in total. The van der Waals surface area contributed by atoms with Gasteiger partial charge in [-0.15, -0.1) is 11.3 Å². The summed E-state index contributed by atoms with van der Waals surface area (Å²) in [6.07, 6.45) is 3.55. The summed E-state index contributed by atoms with van der Waals surface area (Å²) in [5, 5.41) is 15.7. The number of hydrogen-bond acceptors (Lipinski definition) is 5. The summed E-state index contributed by atoms with van der Waals surface area (Å²) >= 11 is 1.34. The smallest absolute Gasteiger partial charge is 0.323 e. The summed E-state index contributed by atoms with van der Waals surface area (Å²) in [6.45, 7) is 3.90. The van der Waals surface area contributed by atoms with Gasteiger partial charge in [0.15, 0.2) is 0 Å². The first-order valence-electron chi connectivity index (χ1n) is 8.51. The third-order valence-electron chi connectivity index (χ3n) is 3.77. The van der Waals surface area contributed by atoms with Crippen molar-refractivity contribution in [2.24, 2.45) is 5.92 Å². The number of para-hydroxylation sites is 1. The molecule has 0 unspecified atom stereocenters. The highest BCUT2D eigenvalue weighted by Crippen LogP contribution is 2.25. The summed E-state index contributed by atoms with van der Waals surface area (Å²) in [4.78, 5) is 29.5. The van der Waals surface area contributed by atoms with Gasteiger partial charge in [-0.05, 0) is 18.1 Å². The van der Waals surface area contributed by atoms with Crippen molar-refractivity contribution >= 4 is 23.2 Å². The van der Waals surface area contributed by atoms with Gasteiger partial charge in [-0.25, -0.2) is 9.67 Å². The lowest BCUT2D eigenvalue weighted by atomic mass is 10.2. The van der Waals surface area contributed by atoms with Crippen LogP contribution in [0, 0.1) is 5.92 Å². The van der Waals surface area contributed by atoms with Gasteiger partial charge in [0.05, 0.1) is 11.9 Å². The molecule has 1 aromatic carbocycles. The largest absolute Gasteiger partial charge is 0.480 e. The third-order valence-corrected chi connectivity index (χ3v) is 4.66. The molecule has 0 aliphatic carbocycles. The minimum absolute atomic E-state index is 0.163. The van der Waals surface area contributed by atoms with Crippen molar-refractivity contribution in [2.45, 2.75) is 13.8 Å². The normalized spacial score (nSPS) is 10.9. The van der Waals surface area contributed by atoms with Gasteiger partial charge in [-0.1, -0.05) is 32.0 Å². The van der Waals surface area contributed by atoms with E-state index in [0.717, 1.165) is 11.3 Å². The lowest BCUT2D eigenvalue weighted by Crippen LogP contribution is -2.38. The lowest BCUT2D eigenvalue weighted by molar-refractivity contribution is -0.137. The summed E-state index contributed by atoms with van der Waals surface area (Å²) in [6, 6.07) is 9.70.